The average Bonchev–Trinajstić information content (AvgIpc) is 3.05. The number of ether oxygens (including phenoxy) is 1. The van der Waals surface area contributed by atoms with E-state index in [9.17, 15) is 9.59 Å². The number of benzene rings is 1. The van der Waals surface area contributed by atoms with E-state index in [0.717, 1.165) is 11.3 Å². The number of methoxy groups -OCH3 is 1. The first-order valence-electron chi connectivity index (χ1n) is 6.10. The van der Waals surface area contributed by atoms with Gasteiger partial charge in [-0.3, -0.25) is 14.5 Å². The van der Waals surface area contributed by atoms with Gasteiger partial charge in [-0.25, -0.2) is 0 Å². The van der Waals surface area contributed by atoms with Crippen molar-refractivity contribution in [1.29, 1.82) is 0 Å². The molecule has 20 heavy (non-hydrogen) atoms. The molecule has 2 heterocycles. The fraction of sp³-hybridized carbons (Fsp3) is 0.214. The van der Waals surface area contributed by atoms with Crippen molar-refractivity contribution in [3.8, 4) is 17.0 Å². The predicted octanol–water partition coefficient (Wildman–Crippen LogP) is 1.66. The quantitative estimate of drug-likeness (QED) is 0.794. The van der Waals surface area contributed by atoms with E-state index >= 15 is 0 Å². The summed E-state index contributed by atoms with van der Waals surface area (Å²) in [6.45, 7) is 0.0517. The number of carbonyl (C=O) groups excluding carboxylic acids is 2. The van der Waals surface area contributed by atoms with Gasteiger partial charge in [0.15, 0.2) is 5.78 Å². The van der Waals surface area contributed by atoms with Crippen molar-refractivity contribution >= 4 is 17.6 Å². The molecule has 1 saturated heterocycles. The van der Waals surface area contributed by atoms with Crippen LogP contribution in [0.25, 0.3) is 11.3 Å². The lowest BCUT2D eigenvalue weighted by molar-refractivity contribution is -0.121. The monoisotopic (exact) mass is 272 g/mol. The third-order valence-electron chi connectivity index (χ3n) is 3.13. The van der Waals surface area contributed by atoms with E-state index in [2.05, 4.69) is 5.16 Å². The van der Waals surface area contributed by atoms with E-state index in [1.165, 1.54) is 4.90 Å². The SMILES string of the molecule is COc1ccc(-c2cc(N3CC(=O)CC3=O)on2)cc1. The highest BCUT2D eigenvalue weighted by molar-refractivity contribution is 6.14. The lowest BCUT2D eigenvalue weighted by Gasteiger charge is -2.07. The lowest BCUT2D eigenvalue weighted by Crippen LogP contribution is -2.23. The van der Waals surface area contributed by atoms with Crippen molar-refractivity contribution in [1.82, 2.24) is 5.16 Å². The zero-order valence-electron chi connectivity index (χ0n) is 10.8. The molecule has 1 amide bonds. The summed E-state index contributed by atoms with van der Waals surface area (Å²) in [6.07, 6.45) is -0.0709. The van der Waals surface area contributed by atoms with Crippen LogP contribution < -0.4 is 9.64 Å². The summed E-state index contributed by atoms with van der Waals surface area (Å²) >= 11 is 0. The number of hydrogen-bond donors (Lipinski definition) is 0. The summed E-state index contributed by atoms with van der Waals surface area (Å²) in [6, 6.07) is 8.97. The Morgan fingerprint density at radius 3 is 2.60 bits per heavy atom. The van der Waals surface area contributed by atoms with Crippen LogP contribution in [0.2, 0.25) is 0 Å². The smallest absolute Gasteiger partial charge is 0.237 e. The number of anilines is 1. The molecule has 3 rings (SSSR count). The van der Waals surface area contributed by atoms with Gasteiger partial charge in [0.2, 0.25) is 11.8 Å². The van der Waals surface area contributed by atoms with E-state index in [-0.39, 0.29) is 24.7 Å². The van der Waals surface area contributed by atoms with Crippen LogP contribution >= 0.6 is 0 Å². The van der Waals surface area contributed by atoms with Crippen LogP contribution in [-0.2, 0) is 9.59 Å². The van der Waals surface area contributed by atoms with Gasteiger partial charge in [-0.05, 0) is 24.3 Å². The molecule has 1 aliphatic heterocycles. The fourth-order valence-corrected chi connectivity index (χ4v) is 2.08. The maximum atomic E-state index is 11.6. The summed E-state index contributed by atoms with van der Waals surface area (Å²) in [5.74, 6) is 0.675. The van der Waals surface area contributed by atoms with Crippen LogP contribution in [0, 0.1) is 0 Å². The predicted molar refractivity (Wildman–Crippen MR) is 70.5 cm³/mol. The van der Waals surface area contributed by atoms with Gasteiger partial charge in [0.05, 0.1) is 20.1 Å². The number of amides is 1. The normalized spacial score (nSPS) is 14.9. The first-order valence-corrected chi connectivity index (χ1v) is 6.10. The van der Waals surface area contributed by atoms with Crippen molar-refractivity contribution in [2.45, 2.75) is 6.42 Å². The molecule has 102 valence electrons. The van der Waals surface area contributed by atoms with E-state index < -0.39 is 0 Å². The molecule has 0 N–H and O–H groups in total. The number of hydrogen-bond acceptors (Lipinski definition) is 5. The molecule has 1 aromatic heterocycles. The zero-order chi connectivity index (χ0) is 14.1. The summed E-state index contributed by atoms with van der Waals surface area (Å²) in [4.78, 5) is 24.2. The molecular weight excluding hydrogens is 260 g/mol. The van der Waals surface area contributed by atoms with Crippen LogP contribution in [0.1, 0.15) is 6.42 Å². The Bertz CT molecular complexity index is 660. The molecule has 0 atom stereocenters. The molecule has 0 bridgehead atoms. The van der Waals surface area contributed by atoms with Crippen molar-refractivity contribution in [2.24, 2.45) is 0 Å². The summed E-state index contributed by atoms with van der Waals surface area (Å²) < 4.78 is 10.2. The molecule has 0 saturated carbocycles. The van der Waals surface area contributed by atoms with Gasteiger partial charge in [-0.1, -0.05) is 5.16 Å². The minimum atomic E-state index is -0.257. The standard InChI is InChI=1S/C14H12N2O4/c1-19-11-4-2-9(3-5-11)12-7-14(20-15-12)16-8-10(17)6-13(16)18/h2-5,7H,6,8H2,1H3. The highest BCUT2D eigenvalue weighted by atomic mass is 16.5. The maximum Gasteiger partial charge on any atom is 0.237 e. The van der Waals surface area contributed by atoms with Crippen molar-refractivity contribution in [3.05, 3.63) is 30.3 Å². The van der Waals surface area contributed by atoms with Gasteiger partial charge >= 0.3 is 0 Å². The molecule has 1 fully saturated rings. The number of nitrogens with zero attached hydrogens (tertiary/aromatic N) is 2. The molecule has 1 aliphatic rings. The molecule has 6 heteroatoms. The number of aromatic nitrogens is 1. The topological polar surface area (TPSA) is 72.6 Å². The van der Waals surface area contributed by atoms with Gasteiger partial charge in [0, 0.05) is 11.6 Å². The molecule has 1 aromatic carbocycles. The fourth-order valence-electron chi connectivity index (χ4n) is 2.08. The lowest BCUT2D eigenvalue weighted by atomic mass is 10.1. The van der Waals surface area contributed by atoms with E-state index in [4.69, 9.17) is 9.26 Å². The summed E-state index contributed by atoms with van der Waals surface area (Å²) in [5.41, 5.74) is 1.45. The highest BCUT2D eigenvalue weighted by Crippen LogP contribution is 2.27. The number of rotatable bonds is 3. The largest absolute Gasteiger partial charge is 0.497 e. The minimum absolute atomic E-state index is 0.0517. The first kappa shape index (κ1) is 12.4. The molecule has 0 aliphatic carbocycles. The zero-order valence-corrected chi connectivity index (χ0v) is 10.8. The van der Waals surface area contributed by atoms with Gasteiger partial charge in [0.25, 0.3) is 0 Å². The molecule has 0 radical (unpaired) electrons. The number of carbonyl (C=O) groups is 2. The Hall–Kier alpha value is -2.63. The Labute approximate surface area is 114 Å². The first-order chi connectivity index (χ1) is 9.67. The van der Waals surface area contributed by atoms with Gasteiger partial charge < -0.3 is 9.26 Å². The van der Waals surface area contributed by atoms with Gasteiger partial charge in [-0.15, -0.1) is 0 Å². The minimum Gasteiger partial charge on any atom is -0.497 e. The summed E-state index contributed by atoms with van der Waals surface area (Å²) in [5, 5.41) is 3.92. The van der Waals surface area contributed by atoms with Crippen LogP contribution in [0.3, 0.4) is 0 Å². The van der Waals surface area contributed by atoms with Crippen LogP contribution in [0.15, 0.2) is 34.9 Å². The van der Waals surface area contributed by atoms with E-state index in [0.29, 0.717) is 11.6 Å². The molecule has 0 spiro atoms. The van der Waals surface area contributed by atoms with Gasteiger partial charge in [0.1, 0.15) is 11.4 Å². The molecule has 6 nitrogen and oxygen atoms in total. The molecular formula is C14H12N2O4. The third-order valence-corrected chi connectivity index (χ3v) is 3.13. The van der Waals surface area contributed by atoms with Crippen molar-refractivity contribution in [2.75, 3.05) is 18.6 Å². The van der Waals surface area contributed by atoms with Crippen LogP contribution in [-0.4, -0.2) is 30.5 Å². The molecule has 2 aromatic rings. The van der Waals surface area contributed by atoms with Crippen molar-refractivity contribution < 1.29 is 18.8 Å². The van der Waals surface area contributed by atoms with Crippen LogP contribution in [0.5, 0.6) is 5.75 Å². The second-order valence-electron chi connectivity index (χ2n) is 4.47. The third kappa shape index (κ3) is 2.16. The number of ketones is 1. The van der Waals surface area contributed by atoms with Crippen molar-refractivity contribution in [3.63, 3.8) is 0 Å². The highest BCUT2D eigenvalue weighted by Gasteiger charge is 2.31. The van der Waals surface area contributed by atoms with E-state index in [1.807, 2.05) is 24.3 Å². The Kier molecular flexibility index (Phi) is 2.98. The molecule has 0 unspecified atom stereocenters. The number of Topliss-reactive ketones (excluding diaryl/α,β-unsaturated/α-hetero) is 1. The summed E-state index contributed by atoms with van der Waals surface area (Å²) in [7, 11) is 1.60. The second kappa shape index (κ2) is 4.80. The Morgan fingerprint density at radius 1 is 1.25 bits per heavy atom. The van der Waals surface area contributed by atoms with Gasteiger partial charge in [-0.2, -0.15) is 0 Å². The average molecular weight is 272 g/mol. The second-order valence-corrected chi connectivity index (χ2v) is 4.47. The van der Waals surface area contributed by atoms with E-state index in [1.54, 1.807) is 13.2 Å². The maximum absolute atomic E-state index is 11.6. The van der Waals surface area contributed by atoms with Crippen LogP contribution in [0.4, 0.5) is 5.88 Å². The Balaban J connectivity index is 1.86. The Morgan fingerprint density at radius 2 is 2.00 bits per heavy atom.